The number of aliphatic hydroxyl groups excluding tert-OH is 1. The summed E-state index contributed by atoms with van der Waals surface area (Å²) in [5, 5.41) is 18.8. The molecule has 1 rings (SSSR count). The van der Waals surface area contributed by atoms with Crippen LogP contribution in [0.25, 0.3) is 0 Å². The predicted molar refractivity (Wildman–Crippen MR) is 63.1 cm³/mol. The maximum absolute atomic E-state index is 10.8. The standard InChI is InChI=1S/C13H22O3/c1-3-4-5-6-10-11(14)7-8-13(10,2)9-12(15)16/h4-5,10-11,14H,3,6-9H2,1-2H3,(H,15,16). The lowest BCUT2D eigenvalue weighted by Crippen LogP contribution is -2.29. The van der Waals surface area contributed by atoms with Crippen LogP contribution in [-0.4, -0.2) is 22.3 Å². The van der Waals surface area contributed by atoms with Crippen molar-refractivity contribution in [3.8, 4) is 0 Å². The van der Waals surface area contributed by atoms with Gasteiger partial charge in [-0.15, -0.1) is 0 Å². The summed E-state index contributed by atoms with van der Waals surface area (Å²) in [6.45, 7) is 4.06. The minimum atomic E-state index is -0.763. The SMILES string of the molecule is CCC=CCC1C(O)CCC1(C)CC(=O)O. The average Bonchev–Trinajstić information content (AvgIpc) is 2.44. The monoisotopic (exact) mass is 226 g/mol. The molecule has 0 saturated heterocycles. The van der Waals surface area contributed by atoms with Gasteiger partial charge in [-0.1, -0.05) is 26.0 Å². The molecule has 1 aliphatic rings. The lowest BCUT2D eigenvalue weighted by molar-refractivity contribution is -0.140. The number of allylic oxidation sites excluding steroid dienone is 2. The van der Waals surface area contributed by atoms with Crippen LogP contribution in [0.2, 0.25) is 0 Å². The van der Waals surface area contributed by atoms with Gasteiger partial charge in [-0.2, -0.15) is 0 Å². The topological polar surface area (TPSA) is 57.5 Å². The molecule has 0 aromatic rings. The van der Waals surface area contributed by atoms with E-state index in [1.165, 1.54) is 0 Å². The molecule has 0 amide bonds. The number of carboxylic acid groups (broad SMARTS) is 1. The highest BCUT2D eigenvalue weighted by Gasteiger charge is 2.44. The first-order valence-electron chi connectivity index (χ1n) is 6.04. The molecule has 0 spiro atoms. The Morgan fingerprint density at radius 1 is 1.50 bits per heavy atom. The van der Waals surface area contributed by atoms with E-state index in [0.29, 0.717) is 0 Å². The summed E-state index contributed by atoms with van der Waals surface area (Å²) >= 11 is 0. The molecule has 0 bridgehead atoms. The van der Waals surface area contributed by atoms with Crippen molar-refractivity contribution in [2.45, 2.75) is 52.1 Å². The van der Waals surface area contributed by atoms with Crippen molar-refractivity contribution in [1.82, 2.24) is 0 Å². The van der Waals surface area contributed by atoms with Crippen LogP contribution >= 0.6 is 0 Å². The fourth-order valence-electron chi connectivity index (χ4n) is 2.74. The zero-order valence-corrected chi connectivity index (χ0v) is 10.1. The Bertz CT molecular complexity index is 272. The summed E-state index contributed by atoms with van der Waals surface area (Å²) in [5.41, 5.74) is -0.247. The molecule has 3 heteroatoms. The Hall–Kier alpha value is -0.830. The van der Waals surface area contributed by atoms with Crippen LogP contribution < -0.4 is 0 Å². The molecule has 3 nitrogen and oxygen atoms in total. The van der Waals surface area contributed by atoms with E-state index < -0.39 is 5.97 Å². The first-order chi connectivity index (χ1) is 7.49. The highest BCUT2D eigenvalue weighted by molar-refractivity contribution is 5.67. The van der Waals surface area contributed by atoms with Gasteiger partial charge in [0.2, 0.25) is 0 Å². The van der Waals surface area contributed by atoms with E-state index in [1.54, 1.807) is 0 Å². The number of hydrogen-bond donors (Lipinski definition) is 2. The fourth-order valence-corrected chi connectivity index (χ4v) is 2.74. The predicted octanol–water partition coefficient (Wildman–Crippen LogP) is 2.59. The largest absolute Gasteiger partial charge is 0.481 e. The third-order valence-corrected chi connectivity index (χ3v) is 3.72. The van der Waals surface area contributed by atoms with E-state index in [9.17, 15) is 9.90 Å². The maximum Gasteiger partial charge on any atom is 0.303 e. The minimum absolute atomic E-state index is 0.0893. The molecule has 1 aliphatic carbocycles. The number of aliphatic carboxylic acids is 1. The lowest BCUT2D eigenvalue weighted by Gasteiger charge is -2.30. The molecule has 92 valence electrons. The van der Waals surface area contributed by atoms with Crippen LogP contribution in [0.5, 0.6) is 0 Å². The third kappa shape index (κ3) is 3.08. The second-order valence-corrected chi connectivity index (χ2v) is 5.05. The van der Waals surface area contributed by atoms with Crippen LogP contribution in [0.4, 0.5) is 0 Å². The molecule has 3 unspecified atom stereocenters. The summed E-state index contributed by atoms with van der Waals surface area (Å²) in [7, 11) is 0. The fraction of sp³-hybridized carbons (Fsp3) is 0.769. The number of rotatable bonds is 5. The normalized spacial score (nSPS) is 34.7. The van der Waals surface area contributed by atoms with Crippen LogP contribution in [0.3, 0.4) is 0 Å². The summed E-state index contributed by atoms with van der Waals surface area (Å²) in [6.07, 6.45) is 7.28. The second-order valence-electron chi connectivity index (χ2n) is 5.05. The molecule has 16 heavy (non-hydrogen) atoms. The van der Waals surface area contributed by atoms with Gasteiger partial charge in [-0.3, -0.25) is 4.79 Å². The molecule has 0 aliphatic heterocycles. The minimum Gasteiger partial charge on any atom is -0.481 e. The van der Waals surface area contributed by atoms with Crippen molar-refractivity contribution >= 4 is 5.97 Å². The smallest absolute Gasteiger partial charge is 0.303 e. The van der Waals surface area contributed by atoms with Gasteiger partial charge in [0, 0.05) is 0 Å². The average molecular weight is 226 g/mol. The van der Waals surface area contributed by atoms with E-state index in [2.05, 4.69) is 19.1 Å². The molecule has 0 radical (unpaired) electrons. The van der Waals surface area contributed by atoms with Gasteiger partial charge < -0.3 is 10.2 Å². The number of carboxylic acids is 1. The van der Waals surface area contributed by atoms with Gasteiger partial charge in [0.05, 0.1) is 12.5 Å². The molecule has 3 atom stereocenters. The molecule has 1 fully saturated rings. The van der Waals surface area contributed by atoms with Gasteiger partial charge in [-0.05, 0) is 37.0 Å². The Balaban J connectivity index is 2.68. The van der Waals surface area contributed by atoms with Gasteiger partial charge in [-0.25, -0.2) is 0 Å². The Labute approximate surface area is 97.2 Å². The molecular weight excluding hydrogens is 204 g/mol. The van der Waals surface area contributed by atoms with Crippen molar-refractivity contribution in [2.24, 2.45) is 11.3 Å². The van der Waals surface area contributed by atoms with Crippen LogP contribution in [0.1, 0.15) is 46.0 Å². The van der Waals surface area contributed by atoms with Crippen molar-refractivity contribution in [3.05, 3.63) is 12.2 Å². The van der Waals surface area contributed by atoms with Crippen molar-refractivity contribution in [2.75, 3.05) is 0 Å². The van der Waals surface area contributed by atoms with E-state index in [-0.39, 0.29) is 23.9 Å². The number of carbonyl (C=O) groups is 1. The van der Waals surface area contributed by atoms with E-state index in [1.807, 2.05) is 6.92 Å². The van der Waals surface area contributed by atoms with Gasteiger partial charge in [0.15, 0.2) is 0 Å². The van der Waals surface area contributed by atoms with E-state index in [4.69, 9.17) is 5.11 Å². The van der Waals surface area contributed by atoms with Crippen molar-refractivity contribution < 1.29 is 15.0 Å². The Morgan fingerprint density at radius 3 is 2.75 bits per heavy atom. The molecule has 1 saturated carbocycles. The molecule has 0 aromatic carbocycles. The Kier molecular flexibility index (Phi) is 4.54. The van der Waals surface area contributed by atoms with Crippen LogP contribution in [0.15, 0.2) is 12.2 Å². The lowest BCUT2D eigenvalue weighted by atomic mass is 9.75. The second kappa shape index (κ2) is 5.48. The maximum atomic E-state index is 10.8. The Morgan fingerprint density at radius 2 is 2.19 bits per heavy atom. The molecule has 2 N–H and O–H groups in total. The highest BCUT2D eigenvalue weighted by atomic mass is 16.4. The zero-order valence-electron chi connectivity index (χ0n) is 10.1. The van der Waals surface area contributed by atoms with Crippen LogP contribution in [0, 0.1) is 11.3 Å². The summed E-state index contributed by atoms with van der Waals surface area (Å²) in [4.78, 5) is 10.8. The summed E-state index contributed by atoms with van der Waals surface area (Å²) in [5.74, 6) is -0.674. The highest BCUT2D eigenvalue weighted by Crippen LogP contribution is 2.47. The summed E-state index contributed by atoms with van der Waals surface area (Å²) in [6, 6.07) is 0. The van der Waals surface area contributed by atoms with Gasteiger partial charge >= 0.3 is 5.97 Å². The van der Waals surface area contributed by atoms with Gasteiger partial charge in [0.1, 0.15) is 0 Å². The van der Waals surface area contributed by atoms with Crippen molar-refractivity contribution in [1.29, 1.82) is 0 Å². The first kappa shape index (κ1) is 13.2. The first-order valence-corrected chi connectivity index (χ1v) is 6.04. The molecule has 0 heterocycles. The summed E-state index contributed by atoms with van der Waals surface area (Å²) < 4.78 is 0. The molecular formula is C13H22O3. The van der Waals surface area contributed by atoms with Crippen LogP contribution in [-0.2, 0) is 4.79 Å². The quantitative estimate of drug-likeness (QED) is 0.708. The van der Waals surface area contributed by atoms with Gasteiger partial charge in [0.25, 0.3) is 0 Å². The third-order valence-electron chi connectivity index (χ3n) is 3.72. The van der Waals surface area contributed by atoms with E-state index in [0.717, 1.165) is 25.7 Å². The number of aliphatic hydroxyl groups is 1. The van der Waals surface area contributed by atoms with Crippen molar-refractivity contribution in [3.63, 3.8) is 0 Å². The number of hydrogen-bond acceptors (Lipinski definition) is 2. The zero-order chi connectivity index (χ0) is 12.2. The van der Waals surface area contributed by atoms with E-state index >= 15 is 0 Å². The molecule has 0 aromatic heterocycles.